The third-order valence-electron chi connectivity index (χ3n) is 3.33. The van der Waals surface area contributed by atoms with Crippen molar-refractivity contribution < 1.29 is 17.9 Å². The fraction of sp³-hybridized carbons (Fsp3) is 0.200. The fourth-order valence-corrected chi connectivity index (χ4v) is 2.57. The zero-order chi connectivity index (χ0) is 19.3. The average molecular weight is 380 g/mol. The number of hydrogen-bond donors (Lipinski definition) is 5. The monoisotopic (exact) mass is 380 g/mol. The van der Waals surface area contributed by atoms with Gasteiger partial charge in [0, 0.05) is 12.6 Å². The molecule has 0 aliphatic carbocycles. The maximum absolute atomic E-state index is 11.5. The van der Waals surface area contributed by atoms with Gasteiger partial charge in [-0.25, -0.2) is 23.3 Å². The summed E-state index contributed by atoms with van der Waals surface area (Å²) in [5.74, 6) is 0.230. The highest BCUT2D eigenvalue weighted by Crippen LogP contribution is 2.27. The van der Waals surface area contributed by atoms with Gasteiger partial charge in [0.15, 0.2) is 5.82 Å². The van der Waals surface area contributed by atoms with Gasteiger partial charge < -0.3 is 21.5 Å². The van der Waals surface area contributed by atoms with E-state index in [0.29, 0.717) is 12.2 Å². The Bertz CT molecular complexity index is 899. The third-order valence-corrected chi connectivity index (χ3v) is 4.26. The van der Waals surface area contributed by atoms with Crippen LogP contribution in [0.4, 0.5) is 27.8 Å². The Hall–Kier alpha value is -3.05. The standard InChI is InChI=1S/C15H20N6O4S/c1-2-25-15(22)21-12-7-11(13(16)14(17)20-12)19-8-9-3-5-10(6-4-9)26(18,23)24/h3-7H,2,8,16H2,1H3,(H2,18,23,24)(H4,17,19,20,21,22). The molecule has 0 spiro atoms. The van der Waals surface area contributed by atoms with E-state index in [1.54, 1.807) is 19.1 Å². The second-order valence-electron chi connectivity index (χ2n) is 5.24. The Balaban J connectivity index is 2.13. The van der Waals surface area contributed by atoms with E-state index in [9.17, 15) is 13.2 Å². The van der Waals surface area contributed by atoms with Gasteiger partial charge in [0.1, 0.15) is 5.82 Å². The van der Waals surface area contributed by atoms with Crippen LogP contribution in [0.15, 0.2) is 35.2 Å². The number of ether oxygens (including phenoxy) is 1. The molecule has 11 heteroatoms. The summed E-state index contributed by atoms with van der Waals surface area (Å²) in [6.45, 7) is 2.23. The maximum Gasteiger partial charge on any atom is 0.412 e. The van der Waals surface area contributed by atoms with Crippen LogP contribution >= 0.6 is 0 Å². The van der Waals surface area contributed by atoms with Crippen LogP contribution in [0.3, 0.4) is 0 Å². The zero-order valence-electron chi connectivity index (χ0n) is 14.0. The van der Waals surface area contributed by atoms with Crippen molar-refractivity contribution in [3.8, 4) is 0 Å². The van der Waals surface area contributed by atoms with Gasteiger partial charge in [-0.2, -0.15) is 0 Å². The fourth-order valence-electron chi connectivity index (χ4n) is 2.05. The number of benzene rings is 1. The quantitative estimate of drug-likeness (QED) is 0.494. The number of anilines is 4. The molecular formula is C15H20N6O4S. The summed E-state index contributed by atoms with van der Waals surface area (Å²) in [6.07, 6.45) is -0.659. The predicted molar refractivity (Wildman–Crippen MR) is 98.8 cm³/mol. The molecule has 0 bridgehead atoms. The number of nitrogen functional groups attached to an aromatic ring is 2. The van der Waals surface area contributed by atoms with E-state index in [1.807, 2.05) is 0 Å². The smallest absolute Gasteiger partial charge is 0.412 e. The molecule has 0 saturated carbocycles. The van der Waals surface area contributed by atoms with Gasteiger partial charge in [-0.05, 0) is 24.6 Å². The summed E-state index contributed by atoms with van der Waals surface area (Å²) in [5.41, 5.74) is 13.1. The second kappa shape index (κ2) is 7.89. The van der Waals surface area contributed by atoms with Crippen LogP contribution in [0.25, 0.3) is 0 Å². The molecule has 0 saturated heterocycles. The molecule has 0 radical (unpaired) electrons. The minimum atomic E-state index is -3.74. The van der Waals surface area contributed by atoms with Gasteiger partial charge in [-0.3, -0.25) is 5.32 Å². The molecule has 10 nitrogen and oxygen atoms in total. The molecule has 1 amide bonds. The Labute approximate surface area is 150 Å². The van der Waals surface area contributed by atoms with Crippen LogP contribution in [-0.4, -0.2) is 26.1 Å². The van der Waals surface area contributed by atoms with Crippen LogP contribution in [0.2, 0.25) is 0 Å². The van der Waals surface area contributed by atoms with Crippen molar-refractivity contribution in [1.29, 1.82) is 0 Å². The van der Waals surface area contributed by atoms with Crippen molar-refractivity contribution in [2.45, 2.75) is 18.4 Å². The van der Waals surface area contributed by atoms with Crippen molar-refractivity contribution in [3.63, 3.8) is 0 Å². The summed E-state index contributed by atoms with van der Waals surface area (Å²) in [6, 6.07) is 7.56. The van der Waals surface area contributed by atoms with E-state index < -0.39 is 16.1 Å². The molecule has 0 aliphatic heterocycles. The zero-order valence-corrected chi connectivity index (χ0v) is 14.8. The molecule has 1 heterocycles. The number of carbonyl (C=O) groups is 1. The SMILES string of the molecule is CCOC(=O)Nc1cc(NCc2ccc(S(N)(=O)=O)cc2)c(N)c(N)n1. The minimum Gasteiger partial charge on any atom is -0.450 e. The lowest BCUT2D eigenvalue weighted by molar-refractivity contribution is 0.168. The summed E-state index contributed by atoms with van der Waals surface area (Å²) in [4.78, 5) is 15.5. The van der Waals surface area contributed by atoms with Crippen LogP contribution in [0.5, 0.6) is 0 Å². The van der Waals surface area contributed by atoms with Crippen LogP contribution in [-0.2, 0) is 21.3 Å². The summed E-state index contributed by atoms with van der Waals surface area (Å²) in [7, 11) is -3.74. The molecule has 1 aromatic carbocycles. The van der Waals surface area contributed by atoms with Crippen LogP contribution < -0.4 is 27.2 Å². The van der Waals surface area contributed by atoms with E-state index in [1.165, 1.54) is 18.2 Å². The summed E-state index contributed by atoms with van der Waals surface area (Å²) in [5, 5.41) is 10.6. The number of amides is 1. The van der Waals surface area contributed by atoms with E-state index in [0.717, 1.165) is 5.56 Å². The van der Waals surface area contributed by atoms with Crippen molar-refractivity contribution in [1.82, 2.24) is 4.98 Å². The number of sulfonamides is 1. The van der Waals surface area contributed by atoms with E-state index in [4.69, 9.17) is 21.3 Å². The van der Waals surface area contributed by atoms with Crippen molar-refractivity contribution in [2.75, 3.05) is 28.7 Å². The summed E-state index contributed by atoms with van der Waals surface area (Å²) < 4.78 is 27.3. The number of carbonyl (C=O) groups excluding carboxylic acids is 1. The first-order valence-corrected chi connectivity index (χ1v) is 9.10. The average Bonchev–Trinajstić information content (AvgIpc) is 2.56. The molecule has 0 atom stereocenters. The molecule has 8 N–H and O–H groups in total. The lowest BCUT2D eigenvalue weighted by atomic mass is 10.2. The number of rotatable bonds is 6. The normalized spacial score (nSPS) is 11.0. The Morgan fingerprint density at radius 3 is 2.46 bits per heavy atom. The largest absolute Gasteiger partial charge is 0.450 e. The second-order valence-corrected chi connectivity index (χ2v) is 6.80. The molecule has 2 aromatic rings. The van der Waals surface area contributed by atoms with E-state index in [2.05, 4.69) is 15.6 Å². The first kappa shape index (κ1) is 19.3. The molecule has 26 heavy (non-hydrogen) atoms. The topological polar surface area (TPSA) is 175 Å². The number of nitrogens with two attached hydrogens (primary N) is 3. The molecule has 0 unspecified atom stereocenters. The summed E-state index contributed by atoms with van der Waals surface area (Å²) >= 11 is 0. The van der Waals surface area contributed by atoms with Gasteiger partial charge in [-0.1, -0.05) is 12.1 Å². The first-order chi connectivity index (χ1) is 12.2. The van der Waals surface area contributed by atoms with Crippen molar-refractivity contribution >= 4 is 39.1 Å². The lowest BCUT2D eigenvalue weighted by Gasteiger charge is -2.13. The third kappa shape index (κ3) is 4.97. The van der Waals surface area contributed by atoms with Crippen LogP contribution in [0.1, 0.15) is 12.5 Å². The van der Waals surface area contributed by atoms with E-state index in [-0.39, 0.29) is 28.8 Å². The highest BCUT2D eigenvalue weighted by Gasteiger charge is 2.11. The Morgan fingerprint density at radius 1 is 1.23 bits per heavy atom. The molecule has 2 rings (SSSR count). The molecule has 1 aromatic heterocycles. The molecule has 0 fully saturated rings. The van der Waals surface area contributed by atoms with Gasteiger partial charge in [0.2, 0.25) is 10.0 Å². The molecule has 0 aliphatic rings. The van der Waals surface area contributed by atoms with Gasteiger partial charge in [0.05, 0.1) is 22.9 Å². The number of pyridine rings is 1. The van der Waals surface area contributed by atoms with Crippen molar-refractivity contribution in [2.24, 2.45) is 5.14 Å². The highest BCUT2D eigenvalue weighted by molar-refractivity contribution is 7.89. The predicted octanol–water partition coefficient (Wildman–Crippen LogP) is 1.07. The number of nitrogens with one attached hydrogen (secondary N) is 2. The van der Waals surface area contributed by atoms with Crippen molar-refractivity contribution in [3.05, 3.63) is 35.9 Å². The lowest BCUT2D eigenvalue weighted by Crippen LogP contribution is -2.16. The number of hydrogen-bond acceptors (Lipinski definition) is 8. The first-order valence-electron chi connectivity index (χ1n) is 7.56. The van der Waals surface area contributed by atoms with E-state index >= 15 is 0 Å². The highest BCUT2D eigenvalue weighted by atomic mass is 32.2. The maximum atomic E-state index is 11.5. The molecule has 140 valence electrons. The number of aromatic nitrogens is 1. The number of primary sulfonamides is 1. The number of nitrogens with zero attached hydrogens (tertiary/aromatic N) is 1. The van der Waals surface area contributed by atoms with Gasteiger partial charge in [0.25, 0.3) is 0 Å². The Kier molecular flexibility index (Phi) is 5.85. The van der Waals surface area contributed by atoms with Crippen LogP contribution in [0, 0.1) is 0 Å². The minimum absolute atomic E-state index is 0.0230. The molecular weight excluding hydrogens is 360 g/mol. The Morgan fingerprint density at radius 2 is 1.88 bits per heavy atom. The van der Waals surface area contributed by atoms with Gasteiger partial charge in [-0.15, -0.1) is 0 Å². The van der Waals surface area contributed by atoms with Gasteiger partial charge >= 0.3 is 6.09 Å².